The smallest absolute Gasteiger partial charge is 0.307 e. The number of likely N-dealkylation sites (tertiary alicyclic amines) is 1. The molecule has 0 radical (unpaired) electrons. The monoisotopic (exact) mass is 292 g/mol. The van der Waals surface area contributed by atoms with Gasteiger partial charge in [0.1, 0.15) is 5.76 Å². The highest BCUT2D eigenvalue weighted by Gasteiger charge is 2.48. The topological polar surface area (TPSA) is 82.8 Å². The molecule has 2 heterocycles. The molecular weight excluding hydrogens is 272 g/mol. The lowest BCUT2D eigenvalue weighted by Gasteiger charge is -2.26. The summed E-state index contributed by atoms with van der Waals surface area (Å²) in [5, 5.41) is 11.8. The zero-order valence-corrected chi connectivity index (χ0v) is 11.8. The van der Waals surface area contributed by atoms with E-state index in [4.69, 9.17) is 9.52 Å². The first-order valence-corrected chi connectivity index (χ1v) is 7.45. The van der Waals surface area contributed by atoms with Crippen molar-refractivity contribution >= 4 is 11.9 Å². The largest absolute Gasteiger partial charge is 0.481 e. The average molecular weight is 292 g/mol. The summed E-state index contributed by atoms with van der Waals surface area (Å²) < 4.78 is 5.49. The number of hydrogen-bond acceptors (Lipinski definition) is 4. The molecule has 6 nitrogen and oxygen atoms in total. The molecule has 2 N–H and O–H groups in total. The first-order chi connectivity index (χ1) is 10.2. The molecule has 0 spiro atoms. The highest BCUT2D eigenvalue weighted by Crippen LogP contribution is 2.38. The molecule has 1 amide bonds. The van der Waals surface area contributed by atoms with E-state index in [1.807, 2.05) is 12.1 Å². The maximum absolute atomic E-state index is 12.0. The highest BCUT2D eigenvalue weighted by atomic mass is 16.4. The van der Waals surface area contributed by atoms with Crippen LogP contribution in [0.4, 0.5) is 0 Å². The summed E-state index contributed by atoms with van der Waals surface area (Å²) in [6.45, 7) is 2.47. The Bertz CT molecular complexity index is 508. The van der Waals surface area contributed by atoms with Gasteiger partial charge in [-0.05, 0) is 44.5 Å². The Morgan fingerprint density at radius 2 is 2.14 bits per heavy atom. The summed E-state index contributed by atoms with van der Waals surface area (Å²) in [5.41, 5.74) is 0. The maximum Gasteiger partial charge on any atom is 0.307 e. The second-order valence-electron chi connectivity index (χ2n) is 5.81. The third kappa shape index (κ3) is 3.10. The number of carboxylic acids is 1. The average Bonchev–Trinajstić information content (AvgIpc) is 2.89. The van der Waals surface area contributed by atoms with Gasteiger partial charge in [0.15, 0.2) is 0 Å². The zero-order chi connectivity index (χ0) is 14.8. The molecule has 0 bridgehead atoms. The van der Waals surface area contributed by atoms with Gasteiger partial charge in [0.2, 0.25) is 5.91 Å². The number of aliphatic carboxylic acids is 1. The van der Waals surface area contributed by atoms with Crippen molar-refractivity contribution < 1.29 is 19.1 Å². The Labute approximate surface area is 123 Å². The summed E-state index contributed by atoms with van der Waals surface area (Å²) in [6, 6.07) is 3.81. The van der Waals surface area contributed by atoms with Gasteiger partial charge in [-0.1, -0.05) is 0 Å². The third-order valence-electron chi connectivity index (χ3n) is 4.37. The van der Waals surface area contributed by atoms with Gasteiger partial charge in [-0.25, -0.2) is 0 Å². The number of nitrogens with one attached hydrogen (secondary N) is 1. The number of amides is 1. The molecule has 1 aliphatic carbocycles. The Kier molecular flexibility index (Phi) is 3.96. The minimum atomic E-state index is -0.878. The van der Waals surface area contributed by atoms with Gasteiger partial charge in [-0.15, -0.1) is 0 Å². The van der Waals surface area contributed by atoms with Gasteiger partial charge in [0, 0.05) is 6.54 Å². The van der Waals surface area contributed by atoms with Crippen LogP contribution in [0.3, 0.4) is 0 Å². The van der Waals surface area contributed by atoms with Crippen LogP contribution in [0.2, 0.25) is 0 Å². The van der Waals surface area contributed by atoms with Crippen LogP contribution in [0.25, 0.3) is 0 Å². The molecule has 1 unspecified atom stereocenters. The van der Waals surface area contributed by atoms with Gasteiger partial charge >= 0.3 is 5.97 Å². The fourth-order valence-electron chi connectivity index (χ4n) is 3.03. The van der Waals surface area contributed by atoms with E-state index in [1.165, 1.54) is 0 Å². The number of carbonyl (C=O) groups excluding carboxylic acids is 1. The summed E-state index contributed by atoms with van der Waals surface area (Å²) in [7, 11) is 0. The molecule has 114 valence electrons. The highest BCUT2D eigenvalue weighted by molar-refractivity contribution is 5.89. The first kappa shape index (κ1) is 14.1. The summed E-state index contributed by atoms with van der Waals surface area (Å²) in [4.78, 5) is 25.1. The molecule has 1 saturated heterocycles. The Balaban J connectivity index is 1.58. The Morgan fingerprint density at radius 1 is 1.38 bits per heavy atom. The van der Waals surface area contributed by atoms with Gasteiger partial charge in [0.25, 0.3) is 0 Å². The number of carbonyl (C=O) groups is 2. The van der Waals surface area contributed by atoms with Gasteiger partial charge in [-0.3, -0.25) is 14.5 Å². The quantitative estimate of drug-likeness (QED) is 0.824. The minimum absolute atomic E-state index is 0.0356. The van der Waals surface area contributed by atoms with E-state index in [0.717, 1.165) is 31.7 Å². The molecule has 2 aliphatic rings. The van der Waals surface area contributed by atoms with Crippen molar-refractivity contribution in [3.63, 3.8) is 0 Å². The molecule has 1 aliphatic heterocycles. The number of hydrogen-bond donors (Lipinski definition) is 2. The number of furan rings is 1. The zero-order valence-electron chi connectivity index (χ0n) is 11.8. The fourth-order valence-corrected chi connectivity index (χ4v) is 3.03. The number of rotatable bonds is 6. The van der Waals surface area contributed by atoms with Crippen LogP contribution in [0.5, 0.6) is 0 Å². The van der Waals surface area contributed by atoms with Crippen LogP contribution in [0, 0.1) is 11.8 Å². The van der Waals surface area contributed by atoms with Crippen LogP contribution in [0.15, 0.2) is 22.8 Å². The second-order valence-corrected chi connectivity index (χ2v) is 5.81. The van der Waals surface area contributed by atoms with E-state index in [9.17, 15) is 9.59 Å². The van der Waals surface area contributed by atoms with Crippen LogP contribution >= 0.6 is 0 Å². The van der Waals surface area contributed by atoms with E-state index < -0.39 is 11.9 Å². The predicted octanol–water partition coefficient (Wildman–Crippen LogP) is 1.25. The van der Waals surface area contributed by atoms with Crippen LogP contribution < -0.4 is 5.32 Å². The van der Waals surface area contributed by atoms with Crippen LogP contribution in [0.1, 0.15) is 31.1 Å². The maximum atomic E-state index is 12.0. The first-order valence-electron chi connectivity index (χ1n) is 7.45. The summed E-state index contributed by atoms with van der Waals surface area (Å²) in [6.07, 6.45) is 4.42. The molecular formula is C15H20N2O4. The van der Waals surface area contributed by atoms with Crippen molar-refractivity contribution in [1.82, 2.24) is 10.2 Å². The van der Waals surface area contributed by atoms with Crippen LogP contribution in [-0.2, 0) is 9.59 Å². The SMILES string of the molecule is O=C(O)[C@H]1C[C@H]1C(=O)NCC(c1ccco1)N1CCCC1. The third-order valence-corrected chi connectivity index (χ3v) is 4.37. The van der Waals surface area contributed by atoms with Gasteiger partial charge in [0.05, 0.1) is 24.1 Å². The second kappa shape index (κ2) is 5.89. The lowest BCUT2D eigenvalue weighted by atomic mass is 10.2. The van der Waals surface area contributed by atoms with Crippen molar-refractivity contribution in [1.29, 1.82) is 0 Å². The molecule has 2 fully saturated rings. The van der Waals surface area contributed by atoms with Gasteiger partial charge in [-0.2, -0.15) is 0 Å². The Hall–Kier alpha value is -1.82. The molecule has 3 atom stereocenters. The summed E-state index contributed by atoms with van der Waals surface area (Å²) >= 11 is 0. The number of carboxylic acid groups (broad SMARTS) is 1. The van der Waals surface area contributed by atoms with Crippen molar-refractivity contribution in [2.24, 2.45) is 11.8 Å². The van der Waals surface area contributed by atoms with Crippen LogP contribution in [-0.4, -0.2) is 41.5 Å². The van der Waals surface area contributed by atoms with Crippen molar-refractivity contribution in [3.05, 3.63) is 24.2 Å². The standard InChI is InChI=1S/C15H20N2O4/c18-14(10-8-11(10)15(19)20)16-9-12(13-4-3-7-21-13)17-5-1-2-6-17/h3-4,7,10-12H,1-2,5-6,8-9H2,(H,16,18)(H,19,20)/t10-,11+,12?/m1/s1. The Morgan fingerprint density at radius 3 is 2.71 bits per heavy atom. The van der Waals surface area contributed by atoms with Crippen molar-refractivity contribution in [2.75, 3.05) is 19.6 Å². The normalized spacial score (nSPS) is 26.5. The van der Waals surface area contributed by atoms with E-state index in [1.54, 1.807) is 6.26 Å². The molecule has 1 aromatic rings. The molecule has 6 heteroatoms. The van der Waals surface area contributed by atoms with E-state index >= 15 is 0 Å². The van der Waals surface area contributed by atoms with Gasteiger partial charge < -0.3 is 14.8 Å². The van der Waals surface area contributed by atoms with E-state index in [-0.39, 0.29) is 17.9 Å². The van der Waals surface area contributed by atoms with Crippen molar-refractivity contribution in [2.45, 2.75) is 25.3 Å². The molecule has 1 aromatic heterocycles. The van der Waals surface area contributed by atoms with E-state index in [0.29, 0.717) is 13.0 Å². The fraction of sp³-hybridized carbons (Fsp3) is 0.600. The van der Waals surface area contributed by atoms with E-state index in [2.05, 4.69) is 10.2 Å². The lowest BCUT2D eigenvalue weighted by Crippen LogP contribution is -2.37. The minimum Gasteiger partial charge on any atom is -0.481 e. The molecule has 1 saturated carbocycles. The lowest BCUT2D eigenvalue weighted by molar-refractivity contribution is -0.140. The predicted molar refractivity (Wildman–Crippen MR) is 74.5 cm³/mol. The molecule has 3 rings (SSSR count). The molecule has 0 aromatic carbocycles. The van der Waals surface area contributed by atoms with Crippen molar-refractivity contribution in [3.8, 4) is 0 Å². The summed E-state index contributed by atoms with van der Waals surface area (Å²) in [5.74, 6) is -1.05. The molecule has 21 heavy (non-hydrogen) atoms. The number of nitrogens with zero attached hydrogens (tertiary/aromatic N) is 1.